The third-order valence-corrected chi connectivity index (χ3v) is 11.4. The summed E-state index contributed by atoms with van der Waals surface area (Å²) in [6.07, 6.45) is 3.14. The molecular weight excluding hydrogens is 761 g/mol. The monoisotopic (exact) mass is 831 g/mol. The molecule has 2 aromatic carbocycles. The summed E-state index contributed by atoms with van der Waals surface area (Å²) in [5, 5.41) is 8.35. The largest absolute Gasteiger partial charge is 0.368 e. The highest BCUT2D eigenvalue weighted by Gasteiger charge is 2.41. The molecule has 0 spiro atoms. The lowest BCUT2D eigenvalue weighted by Gasteiger charge is -2.40. The first kappa shape index (κ1) is 47.9. The van der Waals surface area contributed by atoms with Gasteiger partial charge in [-0.25, -0.2) is 0 Å². The highest BCUT2D eigenvalue weighted by atomic mass is 16.2. The average Bonchev–Trinajstić information content (AvgIpc) is 3.17. The first-order valence-corrected chi connectivity index (χ1v) is 21.3. The molecule has 5 atom stereocenters. The van der Waals surface area contributed by atoms with E-state index in [0.29, 0.717) is 51.6 Å². The van der Waals surface area contributed by atoms with Crippen molar-refractivity contribution in [2.45, 2.75) is 130 Å². The predicted molar refractivity (Wildman–Crippen MR) is 233 cm³/mol. The van der Waals surface area contributed by atoms with E-state index in [4.69, 9.17) is 5.73 Å². The summed E-state index contributed by atoms with van der Waals surface area (Å²) in [7, 11) is 7.51. The van der Waals surface area contributed by atoms with E-state index in [-0.39, 0.29) is 47.6 Å². The summed E-state index contributed by atoms with van der Waals surface area (Å²) in [6, 6.07) is 12.3. The van der Waals surface area contributed by atoms with Crippen molar-refractivity contribution in [2.24, 2.45) is 16.6 Å². The van der Waals surface area contributed by atoms with Crippen LogP contribution in [-0.4, -0.2) is 127 Å². The molecule has 2 aliphatic rings. The summed E-state index contributed by atoms with van der Waals surface area (Å²) < 4.78 is 0. The second kappa shape index (κ2) is 20.6. The number of benzene rings is 2. The topological polar surface area (TPSA) is 177 Å². The fourth-order valence-corrected chi connectivity index (χ4v) is 8.12. The summed E-state index contributed by atoms with van der Waals surface area (Å²) in [4.78, 5) is 88.2. The summed E-state index contributed by atoms with van der Waals surface area (Å²) in [6.45, 7) is 13.1. The minimum absolute atomic E-state index is 0.0789. The Kier molecular flexibility index (Phi) is 16.5. The lowest BCUT2D eigenvalue weighted by atomic mass is 9.86. The quantitative estimate of drug-likeness (QED) is 0.176. The van der Waals surface area contributed by atoms with Gasteiger partial charge in [-0.15, -0.1) is 0 Å². The highest BCUT2D eigenvalue weighted by Crippen LogP contribution is 2.30. The average molecular weight is 831 g/mol. The molecule has 6 amide bonds. The maximum absolute atomic E-state index is 14.1. The molecule has 0 saturated heterocycles. The highest BCUT2D eigenvalue weighted by molar-refractivity contribution is 5.94. The number of carbonyl (C=O) groups is 6. The number of unbranched alkanes of at least 4 members (excludes halogenated alkanes) is 1. The Labute approximate surface area is 357 Å². The number of hydrogen-bond acceptors (Lipinski definition) is 8. The molecule has 0 unspecified atom stereocenters. The molecule has 2 aromatic rings. The van der Waals surface area contributed by atoms with Gasteiger partial charge in [0.25, 0.3) is 0 Å². The molecule has 0 saturated carbocycles. The molecule has 0 aromatic heterocycles. The van der Waals surface area contributed by atoms with Crippen LogP contribution >= 0.6 is 0 Å². The fraction of sp³-hybridized carbons (Fsp3) is 0.609. The lowest BCUT2D eigenvalue weighted by molar-refractivity contribution is -0.146. The maximum Gasteiger partial charge on any atom is 0.243 e. The molecule has 0 aliphatic carbocycles. The Morgan fingerprint density at radius 1 is 0.667 bits per heavy atom. The van der Waals surface area contributed by atoms with Gasteiger partial charge < -0.3 is 31.5 Å². The smallest absolute Gasteiger partial charge is 0.243 e. The minimum atomic E-state index is -0.989. The molecule has 0 bridgehead atoms. The van der Waals surface area contributed by atoms with Crippen LogP contribution in [0.15, 0.2) is 48.5 Å². The van der Waals surface area contributed by atoms with Gasteiger partial charge in [-0.2, -0.15) is 0 Å². The summed E-state index contributed by atoms with van der Waals surface area (Å²) in [5.74, 6) is -2.23. The van der Waals surface area contributed by atoms with E-state index in [1.165, 1.54) is 0 Å². The van der Waals surface area contributed by atoms with Crippen LogP contribution in [0, 0.1) is 10.8 Å². The van der Waals surface area contributed by atoms with Crippen molar-refractivity contribution in [3.63, 3.8) is 0 Å². The van der Waals surface area contributed by atoms with Crippen LogP contribution in [0.3, 0.4) is 0 Å². The van der Waals surface area contributed by atoms with Gasteiger partial charge in [0.2, 0.25) is 35.4 Å². The first-order chi connectivity index (χ1) is 28.1. The number of amides is 6. The van der Waals surface area contributed by atoms with Crippen LogP contribution in [0.2, 0.25) is 0 Å². The van der Waals surface area contributed by atoms with Gasteiger partial charge in [0, 0.05) is 32.5 Å². The van der Waals surface area contributed by atoms with E-state index in [0.717, 1.165) is 22.3 Å². The van der Waals surface area contributed by atoms with E-state index in [1.807, 2.05) is 86.5 Å². The van der Waals surface area contributed by atoms with Crippen LogP contribution in [0.25, 0.3) is 0 Å². The Morgan fingerprint density at radius 3 is 1.48 bits per heavy atom. The molecule has 14 heteroatoms. The molecule has 60 heavy (non-hydrogen) atoms. The number of likely N-dealkylation sites (N-methyl/N-ethyl adjacent to an activating group) is 2. The van der Waals surface area contributed by atoms with E-state index in [2.05, 4.69) is 57.5 Å². The number of primary amides is 1. The van der Waals surface area contributed by atoms with Gasteiger partial charge in [0.05, 0.1) is 18.6 Å². The Hall–Kier alpha value is -4.82. The van der Waals surface area contributed by atoms with Crippen LogP contribution in [0.5, 0.6) is 0 Å². The molecule has 0 radical (unpaired) electrons. The standard InChI is InChI=1S/C46H70N8O6/c1-45(2,3)25-37(51(7)8)43(59)53-28-32-19-13-11-17-30(32)23-35(53)41(57)48-22-16-15-21-34(40(47)56)50-39(55)27-49-42(58)36-24-31-18-12-14-20-33(31)29-54(36)44(60)38(52(9)10)26-46(4,5)6/h11-14,17-20,34-38H,15-16,21-29H2,1-10H3,(H2,47,56)(H,48,57)(H,49,58)(H,50,55)/t34-,35-,36-,37-,38-/m0/s1. The molecule has 2 heterocycles. The van der Waals surface area contributed by atoms with Crippen LogP contribution in [0.4, 0.5) is 0 Å². The molecule has 2 aliphatic heterocycles. The number of rotatable bonds is 17. The van der Waals surface area contributed by atoms with Crippen molar-refractivity contribution in [1.29, 1.82) is 0 Å². The number of fused-ring (bicyclic) bond motifs is 2. The zero-order valence-corrected chi connectivity index (χ0v) is 37.6. The molecule has 0 fully saturated rings. The number of nitrogens with zero attached hydrogens (tertiary/aromatic N) is 4. The second-order valence-corrected chi connectivity index (χ2v) is 19.4. The van der Waals surface area contributed by atoms with Gasteiger partial charge in [0.15, 0.2) is 0 Å². The second-order valence-electron chi connectivity index (χ2n) is 19.4. The van der Waals surface area contributed by atoms with E-state index < -0.39 is 48.4 Å². The Balaban J connectivity index is 1.32. The van der Waals surface area contributed by atoms with Crippen molar-refractivity contribution in [2.75, 3.05) is 41.3 Å². The summed E-state index contributed by atoms with van der Waals surface area (Å²) in [5.41, 5.74) is 9.47. The van der Waals surface area contributed by atoms with Crippen LogP contribution in [-0.2, 0) is 54.7 Å². The zero-order chi connectivity index (χ0) is 44.5. The molecular formula is C46H70N8O6. The van der Waals surface area contributed by atoms with Gasteiger partial charge in [-0.05, 0) is 93.4 Å². The number of nitrogens with two attached hydrogens (primary N) is 1. The fourth-order valence-electron chi connectivity index (χ4n) is 8.12. The lowest BCUT2D eigenvalue weighted by Crippen LogP contribution is -2.58. The zero-order valence-electron chi connectivity index (χ0n) is 37.6. The van der Waals surface area contributed by atoms with Gasteiger partial charge >= 0.3 is 0 Å². The molecule has 4 rings (SSSR count). The molecule has 5 N–H and O–H groups in total. The number of carbonyl (C=O) groups excluding carboxylic acids is 6. The third kappa shape index (κ3) is 13.3. The van der Waals surface area contributed by atoms with Crippen molar-refractivity contribution < 1.29 is 28.8 Å². The molecule has 330 valence electrons. The van der Waals surface area contributed by atoms with Gasteiger partial charge in [-0.1, -0.05) is 90.1 Å². The molecule has 14 nitrogen and oxygen atoms in total. The van der Waals surface area contributed by atoms with Crippen molar-refractivity contribution in [3.05, 3.63) is 70.8 Å². The van der Waals surface area contributed by atoms with E-state index in [1.54, 1.807) is 9.80 Å². The Morgan fingerprint density at radius 2 is 1.08 bits per heavy atom. The minimum Gasteiger partial charge on any atom is -0.368 e. The van der Waals surface area contributed by atoms with Gasteiger partial charge in [-0.3, -0.25) is 38.6 Å². The summed E-state index contributed by atoms with van der Waals surface area (Å²) >= 11 is 0. The van der Waals surface area contributed by atoms with Crippen LogP contribution < -0.4 is 21.7 Å². The van der Waals surface area contributed by atoms with E-state index >= 15 is 0 Å². The predicted octanol–water partition coefficient (Wildman–Crippen LogP) is 3.00. The van der Waals surface area contributed by atoms with Crippen LogP contribution in [0.1, 0.15) is 95.9 Å². The number of hydrogen-bond donors (Lipinski definition) is 4. The number of nitrogens with one attached hydrogen (secondary N) is 3. The van der Waals surface area contributed by atoms with E-state index in [9.17, 15) is 28.8 Å². The maximum atomic E-state index is 14.1. The Bertz CT molecular complexity index is 1850. The SMILES string of the molecule is CN(C)[C@@H](CC(C)(C)C)C(=O)N1Cc2ccccc2C[C@H]1C(=O)NCCCC[C@H](NC(=O)CNC(=O)[C@@H]1Cc2ccccc2CN1C(=O)[C@H](CC(C)(C)C)N(C)C)C(N)=O. The van der Waals surface area contributed by atoms with Crippen molar-refractivity contribution >= 4 is 35.4 Å². The third-order valence-electron chi connectivity index (χ3n) is 11.4. The van der Waals surface area contributed by atoms with Crippen molar-refractivity contribution in [3.8, 4) is 0 Å². The first-order valence-electron chi connectivity index (χ1n) is 21.3. The van der Waals surface area contributed by atoms with Gasteiger partial charge in [0.1, 0.15) is 18.1 Å². The van der Waals surface area contributed by atoms with Crippen molar-refractivity contribution in [1.82, 2.24) is 35.6 Å². The normalized spacial score (nSPS) is 18.2.